The van der Waals surface area contributed by atoms with Crippen molar-refractivity contribution in [3.63, 3.8) is 0 Å². The minimum atomic E-state index is -0.674. The maximum absolute atomic E-state index is 14.1. The van der Waals surface area contributed by atoms with Crippen LogP contribution < -0.4 is 21.1 Å². The highest BCUT2D eigenvalue weighted by atomic mass is 16.2. The van der Waals surface area contributed by atoms with Gasteiger partial charge in [0, 0.05) is 18.7 Å². The van der Waals surface area contributed by atoms with Crippen LogP contribution in [0.15, 0.2) is 84.3 Å². The number of benzene rings is 2. The third kappa shape index (κ3) is 4.23. The number of carbonyl (C=O) groups excluding carboxylic acids is 1. The second-order valence-corrected chi connectivity index (χ2v) is 9.19. The number of imidazole rings is 1. The molecule has 4 N–H and O–H groups in total. The van der Waals surface area contributed by atoms with E-state index < -0.39 is 11.9 Å². The largest absolute Gasteiger partial charge is 0.382 e. The van der Waals surface area contributed by atoms with E-state index >= 15 is 0 Å². The van der Waals surface area contributed by atoms with Crippen LogP contribution in [-0.4, -0.2) is 35.1 Å². The quantitative estimate of drug-likeness (QED) is 0.235. The van der Waals surface area contributed by atoms with E-state index in [1.165, 1.54) is 4.57 Å². The summed E-state index contributed by atoms with van der Waals surface area (Å²) >= 11 is 0. The van der Waals surface area contributed by atoms with E-state index in [0.717, 1.165) is 0 Å². The van der Waals surface area contributed by atoms with Gasteiger partial charge in [0.2, 0.25) is 0 Å². The van der Waals surface area contributed by atoms with E-state index in [1.807, 2.05) is 37.4 Å². The van der Waals surface area contributed by atoms with Gasteiger partial charge in [0.05, 0.1) is 35.2 Å². The van der Waals surface area contributed by atoms with E-state index in [0.29, 0.717) is 39.3 Å². The van der Waals surface area contributed by atoms with Crippen LogP contribution in [-0.2, 0) is 7.05 Å². The van der Waals surface area contributed by atoms with Crippen molar-refractivity contribution < 1.29 is 9.31 Å². The average molecular weight is 531 g/mol. The molecule has 6 rings (SSSR count). The fourth-order valence-electron chi connectivity index (χ4n) is 4.59. The highest BCUT2D eigenvalue weighted by Crippen LogP contribution is 2.21. The Labute approximate surface area is 227 Å². The lowest BCUT2D eigenvalue weighted by molar-refractivity contribution is -0.577. The Hall–Kier alpha value is -5.76. The van der Waals surface area contributed by atoms with Gasteiger partial charge in [0.25, 0.3) is 11.5 Å². The number of nitrogens with zero attached hydrogens (tertiary/aromatic N) is 6. The van der Waals surface area contributed by atoms with Crippen molar-refractivity contribution in [3.8, 4) is 17.5 Å². The smallest absolute Gasteiger partial charge is 0.362 e. The van der Waals surface area contributed by atoms with Crippen molar-refractivity contribution in [3.05, 3.63) is 113 Å². The molecule has 1 unspecified atom stereocenters. The van der Waals surface area contributed by atoms with Gasteiger partial charge in [0.1, 0.15) is 23.9 Å². The third-order valence-electron chi connectivity index (χ3n) is 6.52. The maximum Gasteiger partial charge on any atom is 0.362 e. The number of amides is 1. The lowest BCUT2D eigenvalue weighted by Gasteiger charge is -2.19. The van der Waals surface area contributed by atoms with Gasteiger partial charge in [-0.25, -0.2) is 15.1 Å². The second kappa shape index (κ2) is 9.85. The van der Waals surface area contributed by atoms with Crippen molar-refractivity contribution in [1.29, 1.82) is 0 Å². The lowest BCUT2D eigenvalue weighted by atomic mass is 10.1. The summed E-state index contributed by atoms with van der Waals surface area (Å²) in [5.74, 6) is 6.27. The predicted molar refractivity (Wildman–Crippen MR) is 149 cm³/mol. The van der Waals surface area contributed by atoms with Crippen molar-refractivity contribution in [2.75, 3.05) is 5.73 Å². The van der Waals surface area contributed by atoms with E-state index in [9.17, 15) is 9.59 Å². The minimum absolute atomic E-state index is 0.173. The molecule has 0 radical (unpaired) electrons. The first-order valence-corrected chi connectivity index (χ1v) is 12.5. The molecule has 0 aliphatic rings. The van der Waals surface area contributed by atoms with Crippen LogP contribution in [0.4, 0.5) is 5.82 Å². The van der Waals surface area contributed by atoms with Crippen LogP contribution in [0, 0.1) is 11.8 Å². The van der Waals surface area contributed by atoms with Gasteiger partial charge < -0.3 is 15.6 Å². The summed E-state index contributed by atoms with van der Waals surface area (Å²) in [6.07, 6.45) is 6.62. The van der Waals surface area contributed by atoms with Crippen LogP contribution in [0.1, 0.15) is 40.4 Å². The summed E-state index contributed by atoms with van der Waals surface area (Å²) in [6, 6.07) is 15.6. The Morgan fingerprint density at radius 1 is 1.12 bits per heavy atom. The fraction of sp³-hybridized carbons (Fsp3) is 0.103. The molecule has 4 aromatic heterocycles. The molecule has 1 amide bonds. The Bertz CT molecular complexity index is 2030. The van der Waals surface area contributed by atoms with Gasteiger partial charge in [-0.15, -0.1) is 4.52 Å². The van der Waals surface area contributed by atoms with E-state index in [1.54, 1.807) is 65.2 Å². The lowest BCUT2D eigenvalue weighted by Crippen LogP contribution is -2.34. The number of nitrogens with two attached hydrogens (primary N) is 1. The van der Waals surface area contributed by atoms with E-state index in [2.05, 4.69) is 32.2 Å². The third-order valence-corrected chi connectivity index (χ3v) is 6.52. The van der Waals surface area contributed by atoms with Gasteiger partial charge in [-0.2, -0.15) is 0 Å². The van der Waals surface area contributed by atoms with Crippen LogP contribution in [0.3, 0.4) is 0 Å². The molecule has 2 aromatic carbocycles. The SMILES string of the molecule is CC(NC(=O)c1c(N)[nH][n+]2cccnc12)c1nc2cccc(C#Cc3cncn3C)c2c(=O)n1-c1ccccc1. The zero-order valence-electron chi connectivity index (χ0n) is 21.7. The Balaban J connectivity index is 1.48. The van der Waals surface area contributed by atoms with Gasteiger partial charge in [-0.3, -0.25) is 14.2 Å². The molecule has 11 nitrogen and oxygen atoms in total. The monoisotopic (exact) mass is 530 g/mol. The van der Waals surface area contributed by atoms with E-state index in [-0.39, 0.29) is 16.9 Å². The summed E-state index contributed by atoms with van der Waals surface area (Å²) in [5.41, 5.74) is 8.73. The molecule has 40 heavy (non-hydrogen) atoms. The number of nitrogen functional groups attached to an aromatic ring is 1. The zero-order chi connectivity index (χ0) is 27.8. The van der Waals surface area contributed by atoms with Crippen molar-refractivity contribution >= 4 is 28.3 Å². The highest BCUT2D eigenvalue weighted by molar-refractivity contribution is 6.03. The first-order chi connectivity index (χ1) is 19.4. The van der Waals surface area contributed by atoms with Crippen molar-refractivity contribution in [1.82, 2.24) is 34.5 Å². The molecule has 0 aliphatic heterocycles. The first kappa shape index (κ1) is 24.6. The number of para-hydroxylation sites is 1. The molecule has 196 valence electrons. The molecule has 11 heteroatoms. The first-order valence-electron chi connectivity index (χ1n) is 12.5. The fourth-order valence-corrected chi connectivity index (χ4v) is 4.59. The average Bonchev–Trinajstić information content (AvgIpc) is 3.53. The zero-order valence-corrected chi connectivity index (χ0v) is 21.7. The normalized spacial score (nSPS) is 11.8. The number of hydrogen-bond acceptors (Lipinski definition) is 6. The van der Waals surface area contributed by atoms with Gasteiger partial charge in [-0.05, 0) is 42.1 Å². The predicted octanol–water partition coefficient (Wildman–Crippen LogP) is 2.05. The molecule has 0 saturated heterocycles. The van der Waals surface area contributed by atoms with Crippen LogP contribution in [0.25, 0.3) is 22.2 Å². The molecule has 0 aliphatic carbocycles. The molecule has 0 spiro atoms. The van der Waals surface area contributed by atoms with Crippen LogP contribution in [0.5, 0.6) is 0 Å². The Morgan fingerprint density at radius 3 is 2.73 bits per heavy atom. The number of aryl methyl sites for hydroxylation is 1. The number of carbonyl (C=O) groups is 1. The summed E-state index contributed by atoms with van der Waals surface area (Å²) in [4.78, 5) is 40.8. The number of aromatic amines is 1. The van der Waals surface area contributed by atoms with Crippen LogP contribution in [0.2, 0.25) is 0 Å². The highest BCUT2D eigenvalue weighted by Gasteiger charge is 2.27. The molecular weight excluding hydrogens is 506 g/mol. The molecule has 1 atom stereocenters. The number of aromatic nitrogens is 7. The number of H-pyrrole nitrogens is 1. The molecular formula is C29H24N9O2+. The maximum atomic E-state index is 14.1. The standard InChI is InChI=1S/C29H23N9O2/c1-18(33-28(39)24-25(30)35-37-15-7-14-32-27(24)37)26-34-22-11-6-8-19(12-13-21-16-31-17-36(21)2)23(22)29(40)38(26)20-9-4-3-5-10-20/h3-11,14-18H,1-2H3,(H3,30,33,35,39)/p+1. The number of anilines is 1. The number of rotatable bonds is 4. The van der Waals surface area contributed by atoms with Gasteiger partial charge in [-0.1, -0.05) is 30.2 Å². The number of fused-ring (bicyclic) bond motifs is 2. The summed E-state index contributed by atoms with van der Waals surface area (Å²) in [7, 11) is 1.85. The van der Waals surface area contributed by atoms with Crippen molar-refractivity contribution in [2.24, 2.45) is 7.05 Å². The summed E-state index contributed by atoms with van der Waals surface area (Å²) in [6.45, 7) is 1.77. The van der Waals surface area contributed by atoms with Crippen molar-refractivity contribution in [2.45, 2.75) is 13.0 Å². The Kier molecular flexibility index (Phi) is 6.05. The number of nitrogens with one attached hydrogen (secondary N) is 2. The summed E-state index contributed by atoms with van der Waals surface area (Å²) in [5, 5.41) is 6.23. The Morgan fingerprint density at radius 2 is 1.95 bits per heavy atom. The molecule has 0 saturated carbocycles. The molecule has 0 fully saturated rings. The summed E-state index contributed by atoms with van der Waals surface area (Å²) < 4.78 is 4.88. The van der Waals surface area contributed by atoms with E-state index in [4.69, 9.17) is 10.7 Å². The molecule has 6 aromatic rings. The second-order valence-electron chi connectivity index (χ2n) is 9.19. The molecule has 4 heterocycles. The van der Waals surface area contributed by atoms with Gasteiger partial charge >= 0.3 is 5.65 Å². The van der Waals surface area contributed by atoms with Crippen LogP contribution >= 0.6 is 0 Å². The molecule has 0 bridgehead atoms. The number of hydrogen-bond donors (Lipinski definition) is 3. The minimum Gasteiger partial charge on any atom is -0.382 e. The topological polar surface area (TPSA) is 141 Å². The van der Waals surface area contributed by atoms with Gasteiger partial charge in [0.15, 0.2) is 11.4 Å².